The molecule has 0 saturated carbocycles. The van der Waals surface area contributed by atoms with Crippen molar-refractivity contribution < 1.29 is 27.0 Å². The van der Waals surface area contributed by atoms with Crippen LogP contribution in [0.2, 0.25) is 0 Å². The fourth-order valence-corrected chi connectivity index (χ4v) is 3.02. The highest BCUT2D eigenvalue weighted by Gasteiger charge is 2.19. The van der Waals surface area contributed by atoms with Crippen LogP contribution in [0.5, 0.6) is 5.75 Å². The van der Waals surface area contributed by atoms with E-state index in [9.17, 15) is 22.8 Å². The highest BCUT2D eigenvalue weighted by atomic mass is 19.3. The van der Waals surface area contributed by atoms with Gasteiger partial charge in [-0.15, -0.1) is 0 Å². The van der Waals surface area contributed by atoms with Crippen molar-refractivity contribution in [3.63, 3.8) is 0 Å². The SMILES string of the molecule is Cc1nc2cc(F)c(F)cc2n1-c1cc(N)[n+]([O-])c(Nc2ccc(OC(F)F)cc2)n1. The van der Waals surface area contributed by atoms with E-state index in [1.807, 2.05) is 0 Å². The van der Waals surface area contributed by atoms with E-state index in [-0.39, 0.29) is 34.4 Å². The molecule has 0 spiro atoms. The number of hydrogen-bond donors (Lipinski definition) is 2. The molecule has 2 aromatic heterocycles. The van der Waals surface area contributed by atoms with Crippen molar-refractivity contribution >= 4 is 28.5 Å². The van der Waals surface area contributed by atoms with Crippen molar-refractivity contribution in [2.75, 3.05) is 11.1 Å². The summed E-state index contributed by atoms with van der Waals surface area (Å²) in [5.41, 5.74) is 6.57. The van der Waals surface area contributed by atoms with Crippen molar-refractivity contribution in [3.8, 4) is 11.6 Å². The maximum absolute atomic E-state index is 13.8. The normalized spacial score (nSPS) is 11.3. The van der Waals surface area contributed by atoms with E-state index >= 15 is 0 Å². The molecule has 2 aromatic carbocycles. The first-order valence-corrected chi connectivity index (χ1v) is 8.79. The van der Waals surface area contributed by atoms with Gasteiger partial charge in [-0.25, -0.2) is 18.5 Å². The molecule has 0 aliphatic rings. The molecule has 3 N–H and O–H groups in total. The molecular formula is C19H14F4N6O2. The lowest BCUT2D eigenvalue weighted by molar-refractivity contribution is -0.577. The van der Waals surface area contributed by atoms with Gasteiger partial charge in [0.05, 0.1) is 22.8 Å². The van der Waals surface area contributed by atoms with Gasteiger partial charge in [0.15, 0.2) is 17.5 Å². The van der Waals surface area contributed by atoms with E-state index in [1.165, 1.54) is 34.9 Å². The van der Waals surface area contributed by atoms with Crippen molar-refractivity contribution in [1.29, 1.82) is 0 Å². The summed E-state index contributed by atoms with van der Waals surface area (Å²) in [5, 5.41) is 15.1. The highest BCUT2D eigenvalue weighted by Crippen LogP contribution is 2.25. The molecule has 31 heavy (non-hydrogen) atoms. The van der Waals surface area contributed by atoms with Crippen LogP contribution in [0.3, 0.4) is 0 Å². The Morgan fingerprint density at radius 3 is 2.45 bits per heavy atom. The summed E-state index contributed by atoms with van der Waals surface area (Å²) >= 11 is 0. The van der Waals surface area contributed by atoms with Crippen LogP contribution < -0.4 is 20.5 Å². The van der Waals surface area contributed by atoms with Gasteiger partial charge in [0.1, 0.15) is 11.6 Å². The second-order valence-electron chi connectivity index (χ2n) is 6.43. The number of nitrogens with zero attached hydrogens (tertiary/aromatic N) is 4. The Balaban J connectivity index is 1.75. The number of nitrogen functional groups attached to an aromatic ring is 1. The van der Waals surface area contributed by atoms with Crippen molar-refractivity contribution in [3.05, 3.63) is 65.1 Å². The zero-order chi connectivity index (χ0) is 22.3. The third-order valence-corrected chi connectivity index (χ3v) is 4.35. The van der Waals surface area contributed by atoms with Crippen LogP contribution in [0.15, 0.2) is 42.5 Å². The second kappa shape index (κ2) is 7.63. The molecular weight excluding hydrogens is 420 g/mol. The molecule has 0 atom stereocenters. The Bertz CT molecular complexity index is 1280. The minimum Gasteiger partial charge on any atom is -0.754 e. The number of nitrogens with one attached hydrogen (secondary N) is 1. The van der Waals surface area contributed by atoms with Gasteiger partial charge in [0.2, 0.25) is 5.82 Å². The van der Waals surface area contributed by atoms with Gasteiger partial charge in [-0.05, 0) is 31.2 Å². The summed E-state index contributed by atoms with van der Waals surface area (Å²) in [6.45, 7) is -1.37. The molecule has 0 bridgehead atoms. The monoisotopic (exact) mass is 434 g/mol. The van der Waals surface area contributed by atoms with Gasteiger partial charge < -0.3 is 15.7 Å². The number of aryl methyl sites for hydroxylation is 1. The number of benzene rings is 2. The molecule has 0 fully saturated rings. The smallest absolute Gasteiger partial charge is 0.387 e. The van der Waals surface area contributed by atoms with Crippen LogP contribution >= 0.6 is 0 Å². The maximum atomic E-state index is 13.8. The zero-order valence-electron chi connectivity index (χ0n) is 15.8. The predicted octanol–water partition coefficient (Wildman–Crippen LogP) is 3.57. The molecule has 0 amide bonds. The van der Waals surface area contributed by atoms with Gasteiger partial charge in [-0.3, -0.25) is 9.88 Å². The molecule has 0 aliphatic heterocycles. The topological polar surface area (TPSA) is 105 Å². The maximum Gasteiger partial charge on any atom is 0.387 e. The minimum absolute atomic E-state index is 0.0634. The molecule has 4 rings (SSSR count). The quantitative estimate of drug-likeness (QED) is 0.283. The van der Waals surface area contributed by atoms with Crippen LogP contribution in [0.4, 0.5) is 35.0 Å². The summed E-state index contributed by atoms with van der Waals surface area (Å²) in [5.74, 6) is -2.15. The second-order valence-corrected chi connectivity index (χ2v) is 6.43. The molecule has 2 heterocycles. The van der Waals surface area contributed by atoms with E-state index in [1.54, 1.807) is 6.92 Å². The highest BCUT2D eigenvalue weighted by molar-refractivity contribution is 5.78. The fraction of sp³-hybridized carbons (Fsp3) is 0.105. The molecule has 4 aromatic rings. The van der Waals surface area contributed by atoms with Crippen LogP contribution in [0.1, 0.15) is 5.82 Å². The van der Waals surface area contributed by atoms with Crippen LogP contribution in [-0.2, 0) is 0 Å². The minimum atomic E-state index is -2.97. The molecule has 0 unspecified atom stereocenters. The largest absolute Gasteiger partial charge is 0.754 e. The van der Waals surface area contributed by atoms with Crippen LogP contribution in [-0.4, -0.2) is 21.1 Å². The van der Waals surface area contributed by atoms with E-state index in [4.69, 9.17) is 5.73 Å². The average molecular weight is 434 g/mol. The number of aromatic nitrogens is 4. The van der Waals surface area contributed by atoms with Gasteiger partial charge in [0.25, 0.3) is 0 Å². The van der Waals surface area contributed by atoms with E-state index < -0.39 is 18.2 Å². The Morgan fingerprint density at radius 2 is 1.77 bits per heavy atom. The lowest BCUT2D eigenvalue weighted by Gasteiger charge is -2.15. The first-order valence-electron chi connectivity index (χ1n) is 8.79. The number of anilines is 3. The number of imidazole rings is 1. The van der Waals surface area contributed by atoms with Crippen molar-refractivity contribution in [1.82, 2.24) is 14.5 Å². The average Bonchev–Trinajstić information content (AvgIpc) is 3.01. The Kier molecular flexibility index (Phi) is 4.97. The third-order valence-electron chi connectivity index (χ3n) is 4.35. The first-order chi connectivity index (χ1) is 14.7. The van der Waals surface area contributed by atoms with Crippen LogP contribution in [0.25, 0.3) is 16.9 Å². The number of ether oxygens (including phenoxy) is 1. The summed E-state index contributed by atoms with van der Waals surface area (Å²) in [6, 6.07) is 8.54. The number of hydrogen-bond acceptors (Lipinski definition) is 6. The van der Waals surface area contributed by atoms with E-state index in [2.05, 4.69) is 20.0 Å². The van der Waals surface area contributed by atoms with Crippen LogP contribution in [0, 0.1) is 23.8 Å². The van der Waals surface area contributed by atoms with E-state index in [0.29, 0.717) is 16.2 Å². The number of nitrogens with two attached hydrogens (primary N) is 1. The Hall–Kier alpha value is -4.09. The first kappa shape index (κ1) is 20.2. The molecule has 0 radical (unpaired) electrons. The molecule has 160 valence electrons. The summed E-state index contributed by atoms with van der Waals surface area (Å²) in [4.78, 5) is 8.41. The predicted molar refractivity (Wildman–Crippen MR) is 103 cm³/mol. The van der Waals surface area contributed by atoms with E-state index in [0.717, 1.165) is 12.1 Å². The fourth-order valence-electron chi connectivity index (χ4n) is 3.02. The zero-order valence-corrected chi connectivity index (χ0v) is 15.8. The summed E-state index contributed by atoms with van der Waals surface area (Å²) < 4.78 is 57.9. The van der Waals surface area contributed by atoms with Gasteiger partial charge in [-0.2, -0.15) is 8.78 Å². The summed E-state index contributed by atoms with van der Waals surface area (Å²) in [7, 11) is 0. The number of halogens is 4. The van der Waals surface area contributed by atoms with Gasteiger partial charge in [-0.1, -0.05) is 4.98 Å². The number of fused-ring (bicyclic) bond motifs is 1. The summed E-state index contributed by atoms with van der Waals surface area (Å²) in [6.07, 6.45) is 0. The number of alkyl halides is 2. The lowest BCUT2D eigenvalue weighted by atomic mass is 10.3. The van der Waals surface area contributed by atoms with Gasteiger partial charge >= 0.3 is 12.6 Å². The third kappa shape index (κ3) is 3.86. The van der Waals surface area contributed by atoms with Crippen molar-refractivity contribution in [2.45, 2.75) is 13.5 Å². The molecule has 0 saturated heterocycles. The Labute approximate surface area is 172 Å². The molecule has 8 nitrogen and oxygen atoms in total. The molecule has 12 heteroatoms. The van der Waals surface area contributed by atoms with Crippen molar-refractivity contribution in [2.24, 2.45) is 0 Å². The lowest BCUT2D eigenvalue weighted by Crippen LogP contribution is -2.35. The molecule has 0 aliphatic carbocycles. The van der Waals surface area contributed by atoms with Gasteiger partial charge in [0, 0.05) is 12.1 Å². The Morgan fingerprint density at radius 1 is 1.10 bits per heavy atom. The number of rotatable bonds is 5. The standard InChI is InChI=1S/C19H14F4N6O2/c1-9-25-14-6-12(20)13(21)7-15(14)28(9)17-8-16(24)29(30)19(27-17)26-10-2-4-11(5-3-10)31-18(22)23/h2-8,18H,24H2,1H3,(H,26,27).